The molecule has 1 aliphatic heterocycles. The monoisotopic (exact) mass is 413 g/mol. The van der Waals surface area contributed by atoms with Gasteiger partial charge in [-0.2, -0.15) is 0 Å². The third-order valence-electron chi connectivity index (χ3n) is 5.50. The van der Waals surface area contributed by atoms with Gasteiger partial charge in [0, 0.05) is 15.8 Å². The van der Waals surface area contributed by atoms with Gasteiger partial charge < -0.3 is 10.1 Å². The molecular formula is C25H19NO3S. The molecule has 1 atom stereocenters. The van der Waals surface area contributed by atoms with Crippen molar-refractivity contribution in [2.45, 2.75) is 12.5 Å². The number of benzene rings is 3. The van der Waals surface area contributed by atoms with Crippen molar-refractivity contribution in [2.24, 2.45) is 0 Å². The van der Waals surface area contributed by atoms with Crippen molar-refractivity contribution in [3.8, 4) is 11.1 Å². The fraction of sp³-hybridized carbons (Fsp3) is 0.120. The third-order valence-corrected chi connectivity index (χ3v) is 6.49. The Bertz CT molecular complexity index is 1260. The normalized spacial score (nSPS) is 17.6. The SMILES string of the molecule is CCOC(=O)[C@]1(c2cccs2)Nc2c(cc(-c3ccccc3)c3ccccc23)C1=O. The molecule has 0 radical (unpaired) electrons. The number of ketones is 1. The Morgan fingerprint density at radius 2 is 1.70 bits per heavy atom. The van der Waals surface area contributed by atoms with E-state index in [-0.39, 0.29) is 12.4 Å². The summed E-state index contributed by atoms with van der Waals surface area (Å²) in [5.74, 6) is -0.847. The Labute approximate surface area is 178 Å². The van der Waals surface area contributed by atoms with E-state index in [4.69, 9.17) is 4.74 Å². The molecule has 0 fully saturated rings. The van der Waals surface area contributed by atoms with Crippen molar-refractivity contribution in [2.75, 3.05) is 11.9 Å². The van der Waals surface area contributed by atoms with Crippen LogP contribution in [0.25, 0.3) is 21.9 Å². The van der Waals surface area contributed by atoms with Gasteiger partial charge >= 0.3 is 5.97 Å². The average Bonchev–Trinajstić information content (AvgIpc) is 3.42. The highest BCUT2D eigenvalue weighted by Gasteiger charge is 2.55. The topological polar surface area (TPSA) is 55.4 Å². The number of thiophene rings is 1. The number of ether oxygens (including phenoxy) is 1. The molecule has 1 aliphatic rings. The number of rotatable bonds is 4. The van der Waals surface area contributed by atoms with Crippen LogP contribution >= 0.6 is 11.3 Å². The lowest BCUT2D eigenvalue weighted by molar-refractivity contribution is -0.146. The second kappa shape index (κ2) is 7.11. The second-order valence-corrected chi connectivity index (χ2v) is 8.11. The molecule has 4 aromatic rings. The van der Waals surface area contributed by atoms with Gasteiger partial charge in [-0.25, -0.2) is 4.79 Å². The molecule has 1 N–H and O–H groups in total. The average molecular weight is 413 g/mol. The molecule has 5 rings (SSSR count). The number of hydrogen-bond acceptors (Lipinski definition) is 5. The molecular weight excluding hydrogens is 394 g/mol. The molecule has 0 bridgehead atoms. The van der Waals surface area contributed by atoms with Crippen LogP contribution in [0.15, 0.2) is 78.2 Å². The quantitative estimate of drug-likeness (QED) is 0.348. The first-order valence-corrected chi connectivity index (χ1v) is 10.7. The summed E-state index contributed by atoms with van der Waals surface area (Å²) in [5, 5.41) is 7.08. The predicted octanol–water partition coefficient (Wildman–Crippen LogP) is 5.64. The molecule has 4 nitrogen and oxygen atoms in total. The third kappa shape index (κ3) is 2.59. The molecule has 2 heterocycles. The fourth-order valence-corrected chi connectivity index (χ4v) is 5.01. The number of fused-ring (bicyclic) bond motifs is 3. The van der Waals surface area contributed by atoms with E-state index >= 15 is 0 Å². The molecule has 148 valence electrons. The molecule has 0 saturated heterocycles. The number of carbonyl (C=O) groups is 2. The Hall–Kier alpha value is -3.44. The molecule has 30 heavy (non-hydrogen) atoms. The first-order chi connectivity index (χ1) is 14.7. The van der Waals surface area contributed by atoms with Crippen LogP contribution in [0.1, 0.15) is 22.2 Å². The maximum Gasteiger partial charge on any atom is 0.345 e. The Morgan fingerprint density at radius 1 is 0.967 bits per heavy atom. The summed E-state index contributed by atoms with van der Waals surface area (Å²) in [6.07, 6.45) is 0. The van der Waals surface area contributed by atoms with Crippen molar-refractivity contribution in [1.82, 2.24) is 0 Å². The molecule has 1 aromatic heterocycles. The van der Waals surface area contributed by atoms with Crippen LogP contribution in [-0.4, -0.2) is 18.4 Å². The van der Waals surface area contributed by atoms with E-state index in [0.717, 1.165) is 21.9 Å². The van der Waals surface area contributed by atoms with Gasteiger partial charge in [0.15, 0.2) is 0 Å². The van der Waals surface area contributed by atoms with Crippen LogP contribution in [0.4, 0.5) is 5.69 Å². The van der Waals surface area contributed by atoms with Gasteiger partial charge in [-0.1, -0.05) is 60.7 Å². The Morgan fingerprint density at radius 3 is 2.40 bits per heavy atom. The summed E-state index contributed by atoms with van der Waals surface area (Å²) < 4.78 is 5.37. The van der Waals surface area contributed by atoms with Crippen molar-refractivity contribution in [3.63, 3.8) is 0 Å². The Kier molecular flexibility index (Phi) is 4.40. The minimum Gasteiger partial charge on any atom is -0.464 e. The number of hydrogen-bond donors (Lipinski definition) is 1. The molecule has 3 aromatic carbocycles. The summed E-state index contributed by atoms with van der Waals surface area (Å²) in [5.41, 5.74) is 1.62. The van der Waals surface area contributed by atoms with Crippen molar-refractivity contribution in [1.29, 1.82) is 0 Å². The zero-order valence-electron chi connectivity index (χ0n) is 16.3. The van der Waals surface area contributed by atoms with Crippen LogP contribution < -0.4 is 5.32 Å². The maximum atomic E-state index is 13.8. The summed E-state index contributed by atoms with van der Waals surface area (Å²) in [4.78, 5) is 27.6. The molecule has 0 amide bonds. The van der Waals surface area contributed by atoms with E-state index in [2.05, 4.69) is 5.32 Å². The van der Waals surface area contributed by atoms with Gasteiger partial charge in [0.25, 0.3) is 0 Å². The van der Waals surface area contributed by atoms with Gasteiger partial charge in [-0.3, -0.25) is 4.79 Å². The van der Waals surface area contributed by atoms with Crippen LogP contribution in [-0.2, 0) is 15.1 Å². The lowest BCUT2D eigenvalue weighted by Crippen LogP contribution is -2.47. The van der Waals surface area contributed by atoms with Crippen LogP contribution in [0.5, 0.6) is 0 Å². The minimum atomic E-state index is -1.55. The number of nitrogens with one attached hydrogen (secondary N) is 1. The van der Waals surface area contributed by atoms with Crippen LogP contribution in [0.2, 0.25) is 0 Å². The molecule has 0 aliphatic carbocycles. The highest BCUT2D eigenvalue weighted by Crippen LogP contribution is 2.47. The highest BCUT2D eigenvalue weighted by molar-refractivity contribution is 7.10. The van der Waals surface area contributed by atoms with Gasteiger partial charge in [-0.05, 0) is 40.9 Å². The first kappa shape index (κ1) is 18.6. The van der Waals surface area contributed by atoms with E-state index in [1.807, 2.05) is 72.1 Å². The van der Waals surface area contributed by atoms with E-state index in [1.165, 1.54) is 11.3 Å². The lowest BCUT2D eigenvalue weighted by Gasteiger charge is -2.25. The maximum absolute atomic E-state index is 13.8. The standard InChI is InChI=1S/C25H19NO3S/c1-2-29-24(28)25(21-13-8-14-30-21)23(27)20-15-19(16-9-4-3-5-10-16)17-11-6-7-12-18(17)22(20)26-25/h3-15,26H,2H2,1H3/t25-/m1/s1. The number of esters is 1. The Balaban J connectivity index is 1.79. The van der Waals surface area contributed by atoms with Crippen LogP contribution in [0, 0.1) is 0 Å². The van der Waals surface area contributed by atoms with Crippen molar-refractivity contribution >= 4 is 39.5 Å². The number of carbonyl (C=O) groups excluding carboxylic acids is 2. The lowest BCUT2D eigenvalue weighted by atomic mass is 9.89. The molecule has 0 spiro atoms. The predicted molar refractivity (Wildman–Crippen MR) is 120 cm³/mol. The molecule has 0 saturated carbocycles. The number of Topliss-reactive ketones (excluding diaryl/α,β-unsaturated/α-hetero) is 1. The second-order valence-electron chi connectivity index (χ2n) is 7.16. The van der Waals surface area contributed by atoms with E-state index in [1.54, 1.807) is 13.0 Å². The van der Waals surface area contributed by atoms with Gasteiger partial charge in [0.2, 0.25) is 11.3 Å². The van der Waals surface area contributed by atoms with Gasteiger partial charge in [-0.15, -0.1) is 11.3 Å². The first-order valence-electron chi connectivity index (χ1n) is 9.82. The summed E-state index contributed by atoms with van der Waals surface area (Å²) in [6, 6.07) is 23.5. The summed E-state index contributed by atoms with van der Waals surface area (Å²) >= 11 is 1.37. The fourth-order valence-electron chi connectivity index (χ4n) is 4.14. The largest absolute Gasteiger partial charge is 0.464 e. The minimum absolute atomic E-state index is 0.202. The smallest absolute Gasteiger partial charge is 0.345 e. The van der Waals surface area contributed by atoms with Crippen molar-refractivity contribution in [3.05, 3.63) is 88.6 Å². The summed E-state index contributed by atoms with van der Waals surface area (Å²) in [7, 11) is 0. The van der Waals surface area contributed by atoms with Gasteiger partial charge in [0.05, 0.1) is 12.3 Å². The van der Waals surface area contributed by atoms with E-state index < -0.39 is 11.5 Å². The summed E-state index contributed by atoms with van der Waals surface area (Å²) in [6.45, 7) is 1.95. The van der Waals surface area contributed by atoms with E-state index in [9.17, 15) is 9.59 Å². The van der Waals surface area contributed by atoms with Crippen molar-refractivity contribution < 1.29 is 14.3 Å². The number of anilines is 1. The zero-order valence-corrected chi connectivity index (χ0v) is 17.2. The zero-order chi connectivity index (χ0) is 20.7. The molecule has 0 unspecified atom stereocenters. The van der Waals surface area contributed by atoms with Gasteiger partial charge in [0.1, 0.15) is 0 Å². The molecule has 5 heteroatoms. The van der Waals surface area contributed by atoms with Crippen LogP contribution in [0.3, 0.4) is 0 Å². The van der Waals surface area contributed by atoms with E-state index in [0.29, 0.717) is 16.1 Å². The highest BCUT2D eigenvalue weighted by atomic mass is 32.1.